The fourth-order valence-electron chi connectivity index (χ4n) is 2.39. The second-order valence-corrected chi connectivity index (χ2v) is 10.1. The summed E-state index contributed by atoms with van der Waals surface area (Å²) < 4.78 is 17.2. The molecule has 0 aliphatic rings. The molecule has 0 fully saturated rings. The molecule has 0 aliphatic heterocycles. The van der Waals surface area contributed by atoms with Crippen molar-refractivity contribution in [3.05, 3.63) is 48.7 Å². The SMILES string of the molecule is C=CN(CCNCC[CH2][Ti]([O]C)([O]C)[O]C)Cc1ccccc1. The van der Waals surface area contributed by atoms with E-state index in [0.717, 1.165) is 37.3 Å². The Morgan fingerprint density at radius 1 is 1.09 bits per heavy atom. The van der Waals surface area contributed by atoms with Gasteiger partial charge in [0.1, 0.15) is 0 Å². The van der Waals surface area contributed by atoms with Crippen molar-refractivity contribution in [1.29, 1.82) is 0 Å². The number of rotatable bonds is 13. The summed E-state index contributed by atoms with van der Waals surface area (Å²) in [6, 6.07) is 10.4. The molecule has 1 N–H and O–H groups in total. The van der Waals surface area contributed by atoms with E-state index in [9.17, 15) is 0 Å². The molecule has 0 atom stereocenters. The van der Waals surface area contributed by atoms with E-state index in [4.69, 9.17) is 9.96 Å². The van der Waals surface area contributed by atoms with Gasteiger partial charge >= 0.3 is 145 Å². The van der Waals surface area contributed by atoms with Gasteiger partial charge in [-0.1, -0.05) is 0 Å². The van der Waals surface area contributed by atoms with Crippen LogP contribution in [0.3, 0.4) is 0 Å². The van der Waals surface area contributed by atoms with E-state index in [-0.39, 0.29) is 0 Å². The fourth-order valence-corrected chi connectivity index (χ4v) is 5.08. The molecule has 1 aromatic rings. The van der Waals surface area contributed by atoms with Crippen molar-refractivity contribution in [2.45, 2.75) is 17.7 Å². The Hall–Kier alpha value is -0.686. The van der Waals surface area contributed by atoms with E-state index >= 15 is 0 Å². The summed E-state index contributed by atoms with van der Waals surface area (Å²) in [6.07, 6.45) is 2.89. The first-order valence-corrected chi connectivity index (χ1v) is 11.0. The third-order valence-corrected chi connectivity index (χ3v) is 8.25. The summed E-state index contributed by atoms with van der Waals surface area (Å²) in [5.74, 6) is 0. The Morgan fingerprint density at radius 3 is 2.30 bits per heavy atom. The van der Waals surface area contributed by atoms with Crippen molar-refractivity contribution in [2.24, 2.45) is 0 Å². The summed E-state index contributed by atoms with van der Waals surface area (Å²) in [6.45, 7) is 7.57. The molecule has 0 unspecified atom stereocenters. The van der Waals surface area contributed by atoms with Gasteiger partial charge in [0.25, 0.3) is 0 Å². The molecule has 0 amide bonds. The zero-order valence-corrected chi connectivity index (χ0v) is 16.1. The van der Waals surface area contributed by atoms with Gasteiger partial charge in [0.05, 0.1) is 0 Å². The second kappa shape index (κ2) is 11.8. The predicted octanol–water partition coefficient (Wildman–Crippen LogP) is 2.87. The first kappa shape index (κ1) is 20.4. The van der Waals surface area contributed by atoms with Crippen molar-refractivity contribution in [2.75, 3.05) is 41.0 Å². The topological polar surface area (TPSA) is 43.0 Å². The van der Waals surface area contributed by atoms with Crippen molar-refractivity contribution >= 4 is 0 Å². The Kier molecular flexibility index (Phi) is 10.4. The molecule has 0 saturated heterocycles. The fraction of sp³-hybridized carbons (Fsp3) is 0.529. The van der Waals surface area contributed by atoms with Gasteiger partial charge in [0.2, 0.25) is 0 Å². The van der Waals surface area contributed by atoms with Crippen LogP contribution >= 0.6 is 0 Å². The molecule has 0 heterocycles. The molecule has 130 valence electrons. The van der Waals surface area contributed by atoms with Gasteiger partial charge in [-0.25, -0.2) is 0 Å². The molecule has 23 heavy (non-hydrogen) atoms. The third kappa shape index (κ3) is 7.61. The van der Waals surface area contributed by atoms with Gasteiger partial charge in [0.15, 0.2) is 0 Å². The molecule has 0 radical (unpaired) electrons. The van der Waals surface area contributed by atoms with Gasteiger partial charge in [0, 0.05) is 0 Å². The number of hydrogen-bond acceptors (Lipinski definition) is 5. The molecule has 0 bridgehead atoms. The average Bonchev–Trinajstić information content (AvgIpc) is 2.61. The van der Waals surface area contributed by atoms with Crippen LogP contribution in [0.1, 0.15) is 12.0 Å². The molecule has 1 rings (SSSR count). The van der Waals surface area contributed by atoms with Gasteiger partial charge in [-0.15, -0.1) is 0 Å². The van der Waals surface area contributed by atoms with E-state index in [1.165, 1.54) is 5.56 Å². The standard InChI is InChI=1S/C14H21N2.3CH3O.Ti/c1-3-10-15-11-12-16(4-2)13-14-8-6-5-7-9-14;3*1-2;/h4-9,15H,1-3,10-13H2;3*1H3;/q;3*-1;+3. The second-order valence-electron chi connectivity index (χ2n) is 5.29. The van der Waals surface area contributed by atoms with Crippen LogP contribution in [-0.4, -0.2) is 45.9 Å². The molecular formula is C17H30N2O3Ti. The normalized spacial score (nSPS) is 11.4. The van der Waals surface area contributed by atoms with Crippen molar-refractivity contribution in [3.8, 4) is 0 Å². The van der Waals surface area contributed by atoms with Gasteiger partial charge in [-0.05, 0) is 0 Å². The summed E-state index contributed by atoms with van der Waals surface area (Å²) in [5.41, 5.74) is 1.30. The van der Waals surface area contributed by atoms with Crippen LogP contribution in [0.2, 0.25) is 4.73 Å². The number of hydrogen-bond donors (Lipinski definition) is 1. The first-order valence-electron chi connectivity index (χ1n) is 7.96. The van der Waals surface area contributed by atoms with Crippen LogP contribution in [0.25, 0.3) is 0 Å². The Morgan fingerprint density at radius 2 is 1.74 bits per heavy atom. The molecular weight excluding hydrogens is 328 g/mol. The number of nitrogens with one attached hydrogen (secondary N) is 1. The number of benzene rings is 1. The molecule has 1 aromatic carbocycles. The van der Waals surface area contributed by atoms with Crippen LogP contribution < -0.4 is 5.32 Å². The van der Waals surface area contributed by atoms with Crippen LogP contribution in [-0.2, 0) is 34.3 Å². The van der Waals surface area contributed by atoms with E-state index in [2.05, 4.69) is 41.1 Å². The number of nitrogens with zero attached hydrogens (tertiary/aromatic N) is 1. The molecule has 6 heteroatoms. The van der Waals surface area contributed by atoms with Gasteiger partial charge < -0.3 is 0 Å². The van der Waals surface area contributed by atoms with Gasteiger partial charge in [-0.3, -0.25) is 0 Å². The van der Waals surface area contributed by atoms with Crippen LogP contribution in [0.4, 0.5) is 0 Å². The Balaban J connectivity index is 2.19. The maximum absolute atomic E-state index is 5.46. The minimum absolute atomic E-state index is 0.867. The molecule has 5 nitrogen and oxygen atoms in total. The van der Waals surface area contributed by atoms with Crippen molar-refractivity contribution in [3.63, 3.8) is 0 Å². The molecule has 0 aromatic heterocycles. The Bertz CT molecular complexity index is 419. The third-order valence-electron chi connectivity index (χ3n) is 3.83. The zero-order valence-electron chi connectivity index (χ0n) is 14.6. The van der Waals surface area contributed by atoms with E-state index in [1.54, 1.807) is 21.3 Å². The Labute approximate surface area is 145 Å². The average molecular weight is 358 g/mol. The minimum atomic E-state index is -2.95. The summed E-state index contributed by atoms with van der Waals surface area (Å²) in [5, 5.41) is 3.45. The molecule has 0 aliphatic carbocycles. The zero-order chi connectivity index (χ0) is 17.0. The van der Waals surface area contributed by atoms with Crippen LogP contribution in [0.5, 0.6) is 0 Å². The monoisotopic (exact) mass is 358 g/mol. The first-order chi connectivity index (χ1) is 11.2. The summed E-state index contributed by atoms with van der Waals surface area (Å²) in [7, 11) is 5.02. The molecule has 0 spiro atoms. The summed E-state index contributed by atoms with van der Waals surface area (Å²) >= 11 is -2.95. The van der Waals surface area contributed by atoms with Gasteiger partial charge in [-0.2, -0.15) is 0 Å². The van der Waals surface area contributed by atoms with E-state index in [0.29, 0.717) is 0 Å². The summed E-state index contributed by atoms with van der Waals surface area (Å²) in [4.78, 5) is 2.21. The van der Waals surface area contributed by atoms with Crippen molar-refractivity contribution < 1.29 is 27.7 Å². The molecule has 0 saturated carbocycles. The predicted molar refractivity (Wildman–Crippen MR) is 90.4 cm³/mol. The van der Waals surface area contributed by atoms with E-state index in [1.807, 2.05) is 12.3 Å². The quantitative estimate of drug-likeness (QED) is 0.434. The van der Waals surface area contributed by atoms with Crippen LogP contribution in [0.15, 0.2) is 43.1 Å². The maximum atomic E-state index is 5.46. The van der Waals surface area contributed by atoms with E-state index < -0.39 is 17.8 Å². The van der Waals surface area contributed by atoms with Crippen LogP contribution in [0, 0.1) is 0 Å². The van der Waals surface area contributed by atoms with Crippen molar-refractivity contribution in [1.82, 2.24) is 10.2 Å².